The number of carbonyl (C=O) groups is 1. The molecule has 0 unspecified atom stereocenters. The molecule has 0 aliphatic carbocycles. The zero-order chi connectivity index (χ0) is 28.9. The normalized spacial score (nSPS) is 11.6. The molecule has 0 bridgehead atoms. The Morgan fingerprint density at radius 3 is 2.00 bits per heavy atom. The molecule has 208 valence electrons. The molecule has 4 aromatic carbocycles. The van der Waals surface area contributed by atoms with Crippen molar-refractivity contribution < 1.29 is 21.6 Å². The number of nitrogens with one attached hydrogen (secondary N) is 2. The van der Waals surface area contributed by atoms with Crippen LogP contribution in [0.15, 0.2) is 112 Å². The number of anilines is 3. The smallest absolute Gasteiger partial charge is 0.264 e. The van der Waals surface area contributed by atoms with Crippen LogP contribution in [0.2, 0.25) is 5.02 Å². The fourth-order valence-electron chi connectivity index (χ4n) is 3.81. The third-order valence-corrected chi connectivity index (χ3v) is 10.3. The lowest BCUT2D eigenvalue weighted by Gasteiger charge is -2.23. The molecular formula is C28H26ClN3O5S3. The van der Waals surface area contributed by atoms with Gasteiger partial charge in [-0.05, 0) is 98.1 Å². The summed E-state index contributed by atoms with van der Waals surface area (Å²) in [6, 6.07) is 25.1. The van der Waals surface area contributed by atoms with E-state index in [2.05, 4.69) is 10.0 Å². The maximum Gasteiger partial charge on any atom is 0.264 e. The Hall–Kier alpha value is -3.51. The van der Waals surface area contributed by atoms with E-state index in [1.807, 2.05) is 6.26 Å². The van der Waals surface area contributed by atoms with Crippen LogP contribution in [0.3, 0.4) is 0 Å². The Bertz CT molecular complexity index is 1710. The highest BCUT2D eigenvalue weighted by Crippen LogP contribution is 2.27. The van der Waals surface area contributed by atoms with Gasteiger partial charge in [0.25, 0.3) is 26.0 Å². The van der Waals surface area contributed by atoms with E-state index in [1.165, 1.54) is 52.5 Å². The maximum absolute atomic E-state index is 13.2. The molecule has 0 aliphatic rings. The third kappa shape index (κ3) is 6.61. The van der Waals surface area contributed by atoms with Crippen LogP contribution in [-0.2, 0) is 20.0 Å². The van der Waals surface area contributed by atoms with Gasteiger partial charge in [0, 0.05) is 22.7 Å². The van der Waals surface area contributed by atoms with Crippen molar-refractivity contribution in [2.75, 3.05) is 27.1 Å². The molecule has 8 nitrogen and oxygen atoms in total. The van der Waals surface area contributed by atoms with Crippen LogP contribution in [0, 0.1) is 0 Å². The minimum atomic E-state index is -3.89. The number of benzene rings is 4. The molecule has 0 saturated carbocycles. The van der Waals surface area contributed by atoms with Gasteiger partial charge in [-0.15, -0.1) is 11.8 Å². The third-order valence-electron chi connectivity index (χ3n) is 5.89. The number of halogens is 1. The highest BCUT2D eigenvalue weighted by atomic mass is 35.5. The number of rotatable bonds is 10. The average molecular weight is 616 g/mol. The van der Waals surface area contributed by atoms with Gasteiger partial charge in [-0.2, -0.15) is 0 Å². The lowest BCUT2D eigenvalue weighted by Crippen LogP contribution is -2.30. The van der Waals surface area contributed by atoms with Gasteiger partial charge in [0.2, 0.25) is 0 Å². The molecule has 4 rings (SSSR count). The van der Waals surface area contributed by atoms with Crippen molar-refractivity contribution in [3.8, 4) is 0 Å². The Morgan fingerprint density at radius 2 is 1.43 bits per heavy atom. The number of amides is 1. The van der Waals surface area contributed by atoms with Gasteiger partial charge in [0.1, 0.15) is 0 Å². The maximum atomic E-state index is 13.2. The lowest BCUT2D eigenvalue weighted by molar-refractivity contribution is 0.102. The van der Waals surface area contributed by atoms with E-state index in [1.54, 1.807) is 67.6 Å². The molecule has 12 heteroatoms. The molecule has 0 saturated heterocycles. The van der Waals surface area contributed by atoms with E-state index in [9.17, 15) is 21.6 Å². The number of thioether (sulfide) groups is 1. The molecule has 0 aliphatic heterocycles. The van der Waals surface area contributed by atoms with Gasteiger partial charge in [-0.1, -0.05) is 23.7 Å². The van der Waals surface area contributed by atoms with E-state index in [0.717, 1.165) is 4.90 Å². The quantitative estimate of drug-likeness (QED) is 0.202. The number of hydrogen-bond acceptors (Lipinski definition) is 6. The van der Waals surface area contributed by atoms with E-state index in [0.29, 0.717) is 16.9 Å². The molecule has 0 fully saturated rings. The summed E-state index contributed by atoms with van der Waals surface area (Å²) >= 11 is 7.57. The van der Waals surface area contributed by atoms with Crippen LogP contribution in [-0.4, -0.2) is 35.5 Å². The first-order valence-electron chi connectivity index (χ1n) is 12.0. The molecule has 0 atom stereocenters. The van der Waals surface area contributed by atoms with Crippen molar-refractivity contribution in [1.82, 2.24) is 0 Å². The van der Waals surface area contributed by atoms with Gasteiger partial charge < -0.3 is 5.32 Å². The second kappa shape index (κ2) is 12.3. The Kier molecular flexibility index (Phi) is 9.09. The summed E-state index contributed by atoms with van der Waals surface area (Å²) in [6.07, 6.45) is 1.92. The molecule has 1 amide bonds. The second-order valence-electron chi connectivity index (χ2n) is 8.46. The monoisotopic (exact) mass is 615 g/mol. The van der Waals surface area contributed by atoms with Gasteiger partial charge in [-0.3, -0.25) is 13.8 Å². The van der Waals surface area contributed by atoms with Crippen molar-refractivity contribution in [2.45, 2.75) is 21.6 Å². The molecule has 40 heavy (non-hydrogen) atoms. The van der Waals surface area contributed by atoms with Gasteiger partial charge in [0.15, 0.2) is 0 Å². The summed E-state index contributed by atoms with van der Waals surface area (Å²) in [7, 11) is -7.67. The average Bonchev–Trinajstić information content (AvgIpc) is 2.95. The Morgan fingerprint density at radius 1 is 0.825 bits per heavy atom. The molecule has 0 heterocycles. The largest absolute Gasteiger partial charge is 0.322 e. The first-order valence-corrected chi connectivity index (χ1v) is 16.5. The van der Waals surface area contributed by atoms with Gasteiger partial charge in [0.05, 0.1) is 26.2 Å². The predicted octanol–water partition coefficient (Wildman–Crippen LogP) is 6.33. The molecule has 0 radical (unpaired) electrons. The van der Waals surface area contributed by atoms with Crippen molar-refractivity contribution >= 4 is 66.4 Å². The highest BCUT2D eigenvalue weighted by Gasteiger charge is 2.24. The highest BCUT2D eigenvalue weighted by molar-refractivity contribution is 7.98. The zero-order valence-electron chi connectivity index (χ0n) is 21.5. The topological polar surface area (TPSA) is 113 Å². The Balaban J connectivity index is 1.45. The summed E-state index contributed by atoms with van der Waals surface area (Å²) in [5.41, 5.74) is 1.37. The molecule has 0 spiro atoms. The van der Waals surface area contributed by atoms with E-state index in [4.69, 9.17) is 11.6 Å². The molecule has 2 N–H and O–H groups in total. The van der Waals surface area contributed by atoms with E-state index < -0.39 is 26.0 Å². The van der Waals surface area contributed by atoms with Crippen LogP contribution in [0.5, 0.6) is 0 Å². The molecular weight excluding hydrogens is 590 g/mol. The van der Waals surface area contributed by atoms with Crippen LogP contribution >= 0.6 is 23.4 Å². The predicted molar refractivity (Wildman–Crippen MR) is 162 cm³/mol. The number of sulfonamides is 2. The van der Waals surface area contributed by atoms with E-state index >= 15 is 0 Å². The van der Waals surface area contributed by atoms with Gasteiger partial charge in [-0.25, -0.2) is 16.8 Å². The molecule has 0 aromatic heterocycles. The van der Waals surface area contributed by atoms with Crippen molar-refractivity contribution in [2.24, 2.45) is 0 Å². The SMILES string of the molecule is CCN(c1ccc(C(=O)Nc2ccc(S(=O)(=O)Nc3ccccc3Cl)cc2)cc1)S(=O)(=O)c1ccc(SC)cc1. The van der Waals surface area contributed by atoms with Crippen LogP contribution in [0.1, 0.15) is 17.3 Å². The van der Waals surface area contributed by atoms with Crippen molar-refractivity contribution in [3.05, 3.63) is 108 Å². The standard InChI is InChI=1S/C28H26ClN3O5S3/c1-3-32(40(36,37)25-18-14-23(38-2)15-19-25)22-12-8-20(9-13-22)28(33)30-21-10-16-24(17-11-21)39(34,35)31-27-7-5-4-6-26(27)29/h4-19,31H,3H2,1-2H3,(H,30,33). The van der Waals surface area contributed by atoms with Crippen LogP contribution in [0.4, 0.5) is 17.1 Å². The number of para-hydroxylation sites is 1. The first-order chi connectivity index (χ1) is 19.0. The summed E-state index contributed by atoms with van der Waals surface area (Å²) in [5.74, 6) is -0.435. The minimum Gasteiger partial charge on any atom is -0.322 e. The van der Waals surface area contributed by atoms with Crippen LogP contribution < -0.4 is 14.3 Å². The van der Waals surface area contributed by atoms with Gasteiger partial charge >= 0.3 is 0 Å². The van der Waals surface area contributed by atoms with E-state index in [-0.39, 0.29) is 27.0 Å². The van der Waals surface area contributed by atoms with Crippen LogP contribution in [0.25, 0.3) is 0 Å². The van der Waals surface area contributed by atoms with Crippen molar-refractivity contribution in [3.63, 3.8) is 0 Å². The zero-order valence-corrected chi connectivity index (χ0v) is 24.7. The minimum absolute atomic E-state index is 0.00118. The lowest BCUT2D eigenvalue weighted by atomic mass is 10.2. The molecule has 4 aromatic rings. The number of nitrogens with zero attached hydrogens (tertiary/aromatic N) is 1. The fraction of sp³-hybridized carbons (Fsp3) is 0.107. The first kappa shape index (κ1) is 29.5. The summed E-state index contributed by atoms with van der Waals surface area (Å²) in [6.45, 7) is 1.95. The summed E-state index contributed by atoms with van der Waals surface area (Å²) in [5, 5.41) is 2.99. The Labute approximate surface area is 243 Å². The van der Waals surface area contributed by atoms with Crippen molar-refractivity contribution in [1.29, 1.82) is 0 Å². The summed E-state index contributed by atoms with van der Waals surface area (Å²) in [4.78, 5) is 14.0. The summed E-state index contributed by atoms with van der Waals surface area (Å²) < 4.78 is 55.6. The number of hydrogen-bond donors (Lipinski definition) is 2. The second-order valence-corrected chi connectivity index (χ2v) is 13.3. The fourth-order valence-corrected chi connectivity index (χ4v) is 7.01. The number of carbonyl (C=O) groups excluding carboxylic acids is 1.